The normalized spacial score (nSPS) is 12.7. The van der Waals surface area contributed by atoms with Gasteiger partial charge in [0.05, 0.1) is 6.04 Å². The van der Waals surface area contributed by atoms with Crippen LogP contribution in [0.4, 0.5) is 4.39 Å². The second kappa shape index (κ2) is 5.24. The summed E-state index contributed by atoms with van der Waals surface area (Å²) in [5, 5.41) is 3.24. The highest BCUT2D eigenvalue weighted by Crippen LogP contribution is 2.32. The molecule has 1 aromatic carbocycles. The van der Waals surface area contributed by atoms with E-state index in [1.54, 1.807) is 6.07 Å². The van der Waals surface area contributed by atoms with E-state index < -0.39 is 0 Å². The first-order chi connectivity index (χ1) is 8.52. The molecule has 0 saturated carbocycles. The molecule has 0 fully saturated rings. The largest absolute Gasteiger partial charge is 0.466 e. The summed E-state index contributed by atoms with van der Waals surface area (Å²) in [5.41, 5.74) is 2.06. The van der Waals surface area contributed by atoms with E-state index in [0.29, 0.717) is 0 Å². The van der Waals surface area contributed by atoms with Gasteiger partial charge in [0.15, 0.2) is 0 Å². The van der Waals surface area contributed by atoms with E-state index in [-0.39, 0.29) is 11.9 Å². The van der Waals surface area contributed by atoms with Gasteiger partial charge in [0.25, 0.3) is 0 Å². The molecular weight excluding hydrogens is 297 g/mol. The number of furan rings is 1. The smallest absolute Gasteiger partial charge is 0.124 e. The van der Waals surface area contributed by atoms with Gasteiger partial charge in [-0.3, -0.25) is 0 Å². The first kappa shape index (κ1) is 13.3. The van der Waals surface area contributed by atoms with Crippen molar-refractivity contribution in [2.75, 3.05) is 7.05 Å². The molecule has 0 radical (unpaired) electrons. The van der Waals surface area contributed by atoms with Gasteiger partial charge in [-0.1, -0.05) is 22.0 Å². The summed E-state index contributed by atoms with van der Waals surface area (Å²) in [6.45, 7) is 3.85. The minimum Gasteiger partial charge on any atom is -0.466 e. The summed E-state index contributed by atoms with van der Waals surface area (Å²) in [6, 6.07) is 6.71. The predicted molar refractivity (Wildman–Crippen MR) is 73.2 cm³/mol. The van der Waals surface area contributed by atoms with E-state index in [0.717, 1.165) is 27.1 Å². The van der Waals surface area contributed by atoms with Crippen LogP contribution in [0.15, 0.2) is 33.2 Å². The molecule has 0 amide bonds. The van der Waals surface area contributed by atoms with Crippen molar-refractivity contribution in [2.24, 2.45) is 0 Å². The highest BCUT2D eigenvalue weighted by molar-refractivity contribution is 9.10. The quantitative estimate of drug-likeness (QED) is 0.923. The number of hydrogen-bond donors (Lipinski definition) is 1. The molecule has 0 saturated heterocycles. The molecule has 2 rings (SSSR count). The molecule has 2 nitrogen and oxygen atoms in total. The predicted octanol–water partition coefficient (Wildman–Crippen LogP) is 4.11. The number of nitrogens with one attached hydrogen (secondary N) is 1. The molecular formula is C14H15BrFNO. The van der Waals surface area contributed by atoms with Crippen LogP contribution in [-0.4, -0.2) is 7.05 Å². The topological polar surface area (TPSA) is 25.2 Å². The zero-order valence-corrected chi connectivity index (χ0v) is 12.1. The Hall–Kier alpha value is -1.13. The Kier molecular flexibility index (Phi) is 3.88. The molecule has 0 aliphatic carbocycles. The lowest BCUT2D eigenvalue weighted by Crippen LogP contribution is -2.18. The first-order valence-electron chi connectivity index (χ1n) is 5.72. The maximum absolute atomic E-state index is 13.1. The highest BCUT2D eigenvalue weighted by Gasteiger charge is 2.19. The molecule has 1 unspecified atom stereocenters. The van der Waals surface area contributed by atoms with Crippen LogP contribution in [0.5, 0.6) is 0 Å². The van der Waals surface area contributed by atoms with Gasteiger partial charge in [-0.15, -0.1) is 0 Å². The Morgan fingerprint density at radius 2 is 1.94 bits per heavy atom. The van der Waals surface area contributed by atoms with Gasteiger partial charge in [-0.25, -0.2) is 4.39 Å². The zero-order chi connectivity index (χ0) is 13.3. The summed E-state index contributed by atoms with van der Waals surface area (Å²) < 4.78 is 19.4. The number of aryl methyl sites for hydroxylation is 2. The number of hydrogen-bond acceptors (Lipinski definition) is 2. The molecule has 18 heavy (non-hydrogen) atoms. The van der Waals surface area contributed by atoms with Crippen molar-refractivity contribution in [1.82, 2.24) is 5.32 Å². The van der Waals surface area contributed by atoms with Crippen LogP contribution < -0.4 is 5.32 Å². The lowest BCUT2D eigenvalue weighted by molar-refractivity contribution is 0.496. The Bertz CT molecular complexity index is 565. The van der Waals surface area contributed by atoms with E-state index in [4.69, 9.17) is 4.42 Å². The second-order valence-electron chi connectivity index (χ2n) is 4.26. The van der Waals surface area contributed by atoms with Crippen LogP contribution in [0.1, 0.15) is 28.7 Å². The van der Waals surface area contributed by atoms with Gasteiger partial charge in [-0.05, 0) is 44.7 Å². The summed E-state index contributed by atoms with van der Waals surface area (Å²) in [7, 11) is 1.88. The number of rotatable bonds is 3. The average molecular weight is 312 g/mol. The fourth-order valence-electron chi connectivity index (χ4n) is 2.15. The van der Waals surface area contributed by atoms with E-state index in [9.17, 15) is 4.39 Å². The Morgan fingerprint density at radius 3 is 2.44 bits per heavy atom. The van der Waals surface area contributed by atoms with Crippen molar-refractivity contribution >= 4 is 15.9 Å². The van der Waals surface area contributed by atoms with E-state index in [1.807, 2.05) is 27.0 Å². The highest BCUT2D eigenvalue weighted by atomic mass is 79.9. The first-order valence-corrected chi connectivity index (χ1v) is 6.51. The molecule has 0 spiro atoms. The molecule has 0 bridgehead atoms. The standard InChI is InChI=1S/C14H15BrFNO/c1-8-6-12(9(2)18-8)14(17-3)11-5-4-10(16)7-13(11)15/h4-7,14,17H,1-3H3. The zero-order valence-electron chi connectivity index (χ0n) is 10.6. The van der Waals surface area contributed by atoms with Crippen LogP contribution in [0, 0.1) is 19.7 Å². The Labute approximate surface area is 114 Å². The van der Waals surface area contributed by atoms with Gasteiger partial charge in [0.2, 0.25) is 0 Å². The number of benzene rings is 1. The van der Waals surface area contributed by atoms with Crippen LogP contribution in [0.25, 0.3) is 0 Å². The minimum absolute atomic E-state index is 0.0163. The maximum Gasteiger partial charge on any atom is 0.124 e. The van der Waals surface area contributed by atoms with Crippen LogP contribution in [0.3, 0.4) is 0 Å². The van der Waals surface area contributed by atoms with Crippen molar-refractivity contribution < 1.29 is 8.81 Å². The molecule has 2 aromatic rings. The maximum atomic E-state index is 13.1. The van der Waals surface area contributed by atoms with Crippen molar-refractivity contribution in [1.29, 1.82) is 0 Å². The van der Waals surface area contributed by atoms with E-state index >= 15 is 0 Å². The SMILES string of the molecule is CNC(c1ccc(F)cc1Br)c1cc(C)oc1C. The second-order valence-corrected chi connectivity index (χ2v) is 5.11. The molecule has 0 aliphatic rings. The summed E-state index contributed by atoms with van der Waals surface area (Å²) in [4.78, 5) is 0. The van der Waals surface area contributed by atoms with Gasteiger partial charge >= 0.3 is 0 Å². The Balaban J connectivity index is 2.48. The molecule has 96 valence electrons. The average Bonchev–Trinajstić information content (AvgIpc) is 2.62. The van der Waals surface area contributed by atoms with Crippen molar-refractivity contribution in [3.05, 3.63) is 57.2 Å². The van der Waals surface area contributed by atoms with E-state index in [1.165, 1.54) is 12.1 Å². The van der Waals surface area contributed by atoms with Gasteiger partial charge in [-0.2, -0.15) is 0 Å². The number of halogens is 2. The molecule has 4 heteroatoms. The van der Waals surface area contributed by atoms with Gasteiger partial charge in [0.1, 0.15) is 17.3 Å². The van der Waals surface area contributed by atoms with Crippen molar-refractivity contribution in [3.63, 3.8) is 0 Å². The van der Waals surface area contributed by atoms with Crippen molar-refractivity contribution in [3.8, 4) is 0 Å². The van der Waals surface area contributed by atoms with Gasteiger partial charge < -0.3 is 9.73 Å². The molecule has 0 aliphatic heterocycles. The van der Waals surface area contributed by atoms with Gasteiger partial charge in [0, 0.05) is 10.0 Å². The lowest BCUT2D eigenvalue weighted by atomic mass is 9.99. The fraction of sp³-hybridized carbons (Fsp3) is 0.286. The monoisotopic (exact) mass is 311 g/mol. The molecule has 1 N–H and O–H groups in total. The van der Waals surface area contributed by atoms with Crippen LogP contribution >= 0.6 is 15.9 Å². The summed E-state index contributed by atoms with van der Waals surface area (Å²) >= 11 is 3.41. The third-order valence-electron chi connectivity index (χ3n) is 2.95. The third-order valence-corrected chi connectivity index (χ3v) is 3.64. The van der Waals surface area contributed by atoms with E-state index in [2.05, 4.69) is 21.2 Å². The van der Waals surface area contributed by atoms with Crippen LogP contribution in [0.2, 0.25) is 0 Å². The lowest BCUT2D eigenvalue weighted by Gasteiger charge is -2.17. The molecule has 1 aromatic heterocycles. The molecule has 1 heterocycles. The van der Waals surface area contributed by atoms with Crippen molar-refractivity contribution in [2.45, 2.75) is 19.9 Å². The minimum atomic E-state index is -0.249. The van der Waals surface area contributed by atoms with Crippen LogP contribution in [-0.2, 0) is 0 Å². The summed E-state index contributed by atoms with van der Waals surface area (Å²) in [5.74, 6) is 1.50. The molecule has 1 atom stereocenters. The summed E-state index contributed by atoms with van der Waals surface area (Å²) in [6.07, 6.45) is 0. The fourth-order valence-corrected chi connectivity index (χ4v) is 2.73. The Morgan fingerprint density at radius 1 is 1.22 bits per heavy atom. The third kappa shape index (κ3) is 2.49.